The van der Waals surface area contributed by atoms with Crippen LogP contribution in [0.1, 0.15) is 40.6 Å². The molecule has 1 aliphatic heterocycles. The minimum Gasteiger partial charge on any atom is -0.495 e. The standard InChI is InChI=1S/C27H26ClNO2.C2HF3O2/c1-17-6-15-24(30-2)27-25(17)22-4-3-5-23(22)26(29-27)19-9-13-21(14-10-19)31-16-18-7-11-20(28)12-8-18;3-2(4,5)1(6)7/h3-4,6-15,22-23,26,29H,5,16H2,1-2H3;(H,6,7). The van der Waals surface area contributed by atoms with Gasteiger partial charge in [-0.05, 0) is 71.8 Å². The molecular weight excluding hydrogens is 519 g/mol. The molecule has 3 aromatic rings. The zero-order chi connectivity index (χ0) is 27.4. The summed E-state index contributed by atoms with van der Waals surface area (Å²) < 4.78 is 43.4. The SMILES string of the molecule is COc1ccc(C)c2c1NC(c1ccc(OCc3ccc(Cl)cc3)cc1)C1CC=CC21.O=C(O)C(F)(F)F. The lowest BCUT2D eigenvalue weighted by Crippen LogP contribution is -2.30. The van der Waals surface area contributed by atoms with Crippen molar-refractivity contribution in [1.29, 1.82) is 0 Å². The molecule has 0 aromatic heterocycles. The summed E-state index contributed by atoms with van der Waals surface area (Å²) in [7, 11) is 1.74. The first kappa shape index (κ1) is 27.4. The lowest BCUT2D eigenvalue weighted by Gasteiger charge is -2.39. The summed E-state index contributed by atoms with van der Waals surface area (Å²) in [5, 5.41) is 11.7. The second kappa shape index (κ2) is 11.4. The van der Waals surface area contributed by atoms with Crippen LogP contribution in [0.15, 0.2) is 72.8 Å². The number of methoxy groups -OCH3 is 1. The van der Waals surface area contributed by atoms with Crippen molar-refractivity contribution in [3.63, 3.8) is 0 Å². The number of halogens is 4. The zero-order valence-electron chi connectivity index (χ0n) is 20.8. The Morgan fingerprint density at radius 3 is 2.34 bits per heavy atom. The maximum absolute atomic E-state index is 10.6. The Bertz CT molecular complexity index is 1310. The van der Waals surface area contributed by atoms with Crippen LogP contribution in [0, 0.1) is 12.8 Å². The van der Waals surface area contributed by atoms with E-state index in [9.17, 15) is 13.2 Å². The molecule has 2 aliphatic rings. The second-order valence-corrected chi connectivity index (χ2v) is 9.57. The minimum atomic E-state index is -5.08. The van der Waals surface area contributed by atoms with Crippen molar-refractivity contribution in [2.24, 2.45) is 5.92 Å². The third-order valence-corrected chi connectivity index (χ3v) is 6.97. The highest BCUT2D eigenvalue weighted by Crippen LogP contribution is 2.53. The van der Waals surface area contributed by atoms with E-state index in [2.05, 4.69) is 60.8 Å². The van der Waals surface area contributed by atoms with Crippen LogP contribution < -0.4 is 14.8 Å². The number of nitrogens with one attached hydrogen (secondary N) is 1. The molecule has 0 spiro atoms. The lowest BCUT2D eigenvalue weighted by molar-refractivity contribution is -0.192. The van der Waals surface area contributed by atoms with Crippen LogP contribution in [0.3, 0.4) is 0 Å². The topological polar surface area (TPSA) is 67.8 Å². The molecule has 3 atom stereocenters. The number of rotatable bonds is 5. The fourth-order valence-electron chi connectivity index (χ4n) is 4.89. The van der Waals surface area contributed by atoms with E-state index in [1.54, 1.807) is 7.11 Å². The largest absolute Gasteiger partial charge is 0.495 e. The van der Waals surface area contributed by atoms with Crippen molar-refractivity contribution in [1.82, 2.24) is 0 Å². The number of anilines is 1. The van der Waals surface area contributed by atoms with E-state index < -0.39 is 12.1 Å². The monoisotopic (exact) mass is 545 g/mol. The predicted molar refractivity (Wildman–Crippen MR) is 140 cm³/mol. The van der Waals surface area contributed by atoms with E-state index in [0.29, 0.717) is 18.4 Å². The number of allylic oxidation sites excluding steroid dienone is 2. The van der Waals surface area contributed by atoms with Crippen LogP contribution in [0.4, 0.5) is 18.9 Å². The van der Waals surface area contributed by atoms with Crippen molar-refractivity contribution in [3.05, 3.63) is 100 Å². The second-order valence-electron chi connectivity index (χ2n) is 9.14. The highest BCUT2D eigenvalue weighted by Gasteiger charge is 2.40. The van der Waals surface area contributed by atoms with Gasteiger partial charge >= 0.3 is 12.1 Å². The number of hydrogen-bond donors (Lipinski definition) is 2. The molecule has 3 unspecified atom stereocenters. The summed E-state index contributed by atoms with van der Waals surface area (Å²) in [5.41, 5.74) is 6.18. The molecule has 0 bridgehead atoms. The third kappa shape index (κ3) is 6.07. The molecule has 3 aromatic carbocycles. The third-order valence-electron chi connectivity index (χ3n) is 6.72. The molecule has 1 aliphatic carbocycles. The molecule has 38 heavy (non-hydrogen) atoms. The lowest BCUT2D eigenvalue weighted by atomic mass is 9.75. The quantitative estimate of drug-likeness (QED) is 0.322. The van der Waals surface area contributed by atoms with Crippen molar-refractivity contribution < 1.29 is 32.5 Å². The average molecular weight is 546 g/mol. The van der Waals surface area contributed by atoms with Crippen LogP contribution in [-0.4, -0.2) is 24.4 Å². The Kier molecular flexibility index (Phi) is 8.21. The van der Waals surface area contributed by atoms with Gasteiger partial charge in [-0.25, -0.2) is 4.79 Å². The first-order valence-corrected chi connectivity index (χ1v) is 12.3. The Morgan fingerprint density at radius 1 is 1.08 bits per heavy atom. The number of carbonyl (C=O) groups is 1. The van der Waals surface area contributed by atoms with Gasteiger partial charge in [-0.2, -0.15) is 13.2 Å². The van der Waals surface area contributed by atoms with E-state index in [4.69, 9.17) is 31.0 Å². The van der Waals surface area contributed by atoms with Gasteiger partial charge in [-0.15, -0.1) is 0 Å². The molecule has 0 saturated carbocycles. The molecule has 5 rings (SSSR count). The van der Waals surface area contributed by atoms with E-state index in [1.165, 1.54) is 16.7 Å². The Balaban J connectivity index is 0.000000426. The molecule has 5 nitrogen and oxygen atoms in total. The molecule has 1 heterocycles. The summed E-state index contributed by atoms with van der Waals surface area (Å²) in [5.74, 6) is -0.0690. The average Bonchev–Trinajstić information content (AvgIpc) is 3.38. The number of ether oxygens (including phenoxy) is 2. The molecule has 0 saturated heterocycles. The van der Waals surface area contributed by atoms with E-state index in [-0.39, 0.29) is 6.04 Å². The molecular formula is C29H27ClF3NO4. The van der Waals surface area contributed by atoms with Gasteiger partial charge < -0.3 is 19.9 Å². The first-order chi connectivity index (χ1) is 18.1. The number of aryl methyl sites for hydroxylation is 1. The Labute approximate surface area is 223 Å². The maximum Gasteiger partial charge on any atom is 0.490 e. The molecule has 0 fully saturated rings. The van der Waals surface area contributed by atoms with Crippen LogP contribution in [0.5, 0.6) is 11.5 Å². The zero-order valence-corrected chi connectivity index (χ0v) is 21.5. The number of benzene rings is 3. The Hall–Kier alpha value is -3.65. The first-order valence-electron chi connectivity index (χ1n) is 12.0. The van der Waals surface area contributed by atoms with Gasteiger partial charge in [0.2, 0.25) is 0 Å². The predicted octanol–water partition coefficient (Wildman–Crippen LogP) is 7.70. The molecule has 200 valence electrons. The van der Waals surface area contributed by atoms with E-state index in [0.717, 1.165) is 34.2 Å². The van der Waals surface area contributed by atoms with Crippen molar-refractivity contribution in [3.8, 4) is 11.5 Å². The van der Waals surface area contributed by atoms with E-state index >= 15 is 0 Å². The summed E-state index contributed by atoms with van der Waals surface area (Å²) in [4.78, 5) is 8.90. The number of aliphatic carboxylic acids is 1. The number of carboxylic acids is 1. The number of hydrogen-bond acceptors (Lipinski definition) is 4. The van der Waals surface area contributed by atoms with Gasteiger partial charge in [0.1, 0.15) is 18.1 Å². The highest BCUT2D eigenvalue weighted by atomic mass is 35.5. The smallest absolute Gasteiger partial charge is 0.490 e. The summed E-state index contributed by atoms with van der Waals surface area (Å²) in [6.07, 6.45) is 0.683. The summed E-state index contributed by atoms with van der Waals surface area (Å²) in [6, 6.07) is 20.7. The minimum absolute atomic E-state index is 0.230. The van der Waals surface area contributed by atoms with Gasteiger partial charge in [0.05, 0.1) is 18.8 Å². The van der Waals surface area contributed by atoms with Gasteiger partial charge in [0, 0.05) is 10.9 Å². The van der Waals surface area contributed by atoms with Gasteiger partial charge in [-0.3, -0.25) is 0 Å². The fraction of sp³-hybridized carbons (Fsp3) is 0.276. The van der Waals surface area contributed by atoms with Crippen LogP contribution >= 0.6 is 11.6 Å². The maximum atomic E-state index is 10.6. The molecule has 2 N–H and O–H groups in total. The van der Waals surface area contributed by atoms with Gasteiger partial charge in [0.25, 0.3) is 0 Å². The summed E-state index contributed by atoms with van der Waals surface area (Å²) in [6.45, 7) is 2.72. The number of alkyl halides is 3. The number of carboxylic acid groups (broad SMARTS) is 1. The highest BCUT2D eigenvalue weighted by molar-refractivity contribution is 6.30. The van der Waals surface area contributed by atoms with Gasteiger partial charge in [0.15, 0.2) is 0 Å². The van der Waals surface area contributed by atoms with Crippen molar-refractivity contribution >= 4 is 23.3 Å². The van der Waals surface area contributed by atoms with Crippen molar-refractivity contribution in [2.45, 2.75) is 38.1 Å². The van der Waals surface area contributed by atoms with Crippen LogP contribution in [0.25, 0.3) is 0 Å². The fourth-order valence-corrected chi connectivity index (χ4v) is 5.02. The molecule has 9 heteroatoms. The molecule has 0 radical (unpaired) electrons. The normalized spacial score (nSPS) is 19.4. The summed E-state index contributed by atoms with van der Waals surface area (Å²) >= 11 is 5.96. The van der Waals surface area contributed by atoms with Crippen LogP contribution in [0.2, 0.25) is 5.02 Å². The molecule has 0 amide bonds. The Morgan fingerprint density at radius 2 is 1.74 bits per heavy atom. The van der Waals surface area contributed by atoms with Crippen molar-refractivity contribution in [2.75, 3.05) is 12.4 Å². The van der Waals surface area contributed by atoms with Gasteiger partial charge in [-0.1, -0.05) is 54.1 Å². The van der Waals surface area contributed by atoms with E-state index in [1.807, 2.05) is 24.3 Å². The number of fused-ring (bicyclic) bond motifs is 3. The van der Waals surface area contributed by atoms with Crippen LogP contribution in [-0.2, 0) is 11.4 Å².